The molecule has 1 fully saturated rings. The Morgan fingerprint density at radius 2 is 2.24 bits per heavy atom. The van der Waals surface area contributed by atoms with Gasteiger partial charge in [-0.25, -0.2) is 0 Å². The van der Waals surface area contributed by atoms with E-state index in [-0.39, 0.29) is 5.91 Å². The number of hydrogen-bond acceptors (Lipinski definition) is 2. The highest BCUT2D eigenvalue weighted by atomic mass is 35.5. The Hall–Kier alpha value is -1.06. The zero-order chi connectivity index (χ0) is 15.4. The molecule has 0 aromatic heterocycles. The monoisotopic (exact) mass is 308 g/mol. The normalized spacial score (nSPS) is 18.2. The van der Waals surface area contributed by atoms with Gasteiger partial charge in [-0.1, -0.05) is 31.5 Å². The molecular formula is C17H25ClN2O. The van der Waals surface area contributed by atoms with Crippen LogP contribution in [-0.4, -0.2) is 36.5 Å². The Kier molecular flexibility index (Phi) is 5.65. The zero-order valence-corrected chi connectivity index (χ0v) is 13.9. The first kappa shape index (κ1) is 16.3. The van der Waals surface area contributed by atoms with Gasteiger partial charge >= 0.3 is 0 Å². The smallest absolute Gasteiger partial charge is 0.254 e. The molecule has 0 saturated carbocycles. The summed E-state index contributed by atoms with van der Waals surface area (Å²) >= 11 is 6.06. The maximum absolute atomic E-state index is 12.9. The van der Waals surface area contributed by atoms with Crippen molar-refractivity contribution < 1.29 is 4.79 Å². The van der Waals surface area contributed by atoms with Crippen LogP contribution in [0.15, 0.2) is 18.2 Å². The number of halogens is 1. The van der Waals surface area contributed by atoms with Gasteiger partial charge in [0.1, 0.15) is 0 Å². The number of nitrogens with zero attached hydrogens (tertiary/aromatic N) is 1. The van der Waals surface area contributed by atoms with E-state index in [9.17, 15) is 4.79 Å². The van der Waals surface area contributed by atoms with Gasteiger partial charge in [-0.3, -0.25) is 4.79 Å². The highest BCUT2D eigenvalue weighted by Crippen LogP contribution is 2.19. The number of benzene rings is 1. The van der Waals surface area contributed by atoms with Gasteiger partial charge in [0.2, 0.25) is 0 Å². The van der Waals surface area contributed by atoms with Crippen LogP contribution in [0.4, 0.5) is 0 Å². The lowest BCUT2D eigenvalue weighted by Gasteiger charge is -2.28. The first-order valence-electron chi connectivity index (χ1n) is 7.76. The third kappa shape index (κ3) is 4.45. The summed E-state index contributed by atoms with van der Waals surface area (Å²) in [5.41, 5.74) is 1.71. The Bertz CT molecular complexity index is 496. The molecule has 1 heterocycles. The minimum atomic E-state index is 0.0948. The minimum Gasteiger partial charge on any atom is -0.337 e. The fraction of sp³-hybridized carbons (Fsp3) is 0.588. The molecule has 1 N–H and O–H groups in total. The van der Waals surface area contributed by atoms with Crippen molar-refractivity contribution in [1.82, 2.24) is 10.2 Å². The van der Waals surface area contributed by atoms with E-state index in [0.29, 0.717) is 17.0 Å². The first-order valence-corrected chi connectivity index (χ1v) is 8.14. The summed E-state index contributed by atoms with van der Waals surface area (Å²) in [5.74, 6) is 0.548. The van der Waals surface area contributed by atoms with Gasteiger partial charge < -0.3 is 10.2 Å². The molecule has 1 aromatic rings. The topological polar surface area (TPSA) is 32.3 Å². The Morgan fingerprint density at radius 3 is 2.86 bits per heavy atom. The third-order valence-corrected chi connectivity index (χ3v) is 4.14. The summed E-state index contributed by atoms with van der Waals surface area (Å²) in [6.45, 7) is 8.88. The number of carbonyl (C=O) groups excluding carboxylic acids is 1. The van der Waals surface area contributed by atoms with Crippen molar-refractivity contribution in [2.24, 2.45) is 5.92 Å². The summed E-state index contributed by atoms with van der Waals surface area (Å²) in [7, 11) is 0. The van der Waals surface area contributed by atoms with Crippen LogP contribution in [0.5, 0.6) is 0 Å². The van der Waals surface area contributed by atoms with Crippen molar-refractivity contribution in [1.29, 1.82) is 0 Å². The lowest BCUT2D eigenvalue weighted by Crippen LogP contribution is -2.43. The van der Waals surface area contributed by atoms with Crippen molar-refractivity contribution in [3.8, 4) is 0 Å². The molecule has 1 amide bonds. The molecule has 1 aliphatic rings. The molecule has 2 rings (SSSR count). The number of hydrogen-bond donors (Lipinski definition) is 1. The minimum absolute atomic E-state index is 0.0948. The molecule has 1 aromatic carbocycles. The van der Waals surface area contributed by atoms with Crippen molar-refractivity contribution in [3.63, 3.8) is 0 Å². The maximum atomic E-state index is 12.9. The second-order valence-electron chi connectivity index (χ2n) is 6.36. The molecular weight excluding hydrogens is 284 g/mol. The largest absolute Gasteiger partial charge is 0.337 e. The number of nitrogens with one attached hydrogen (secondary N) is 1. The Morgan fingerprint density at radius 1 is 1.48 bits per heavy atom. The number of aryl methyl sites for hydroxylation is 1. The third-order valence-electron chi connectivity index (χ3n) is 3.91. The van der Waals surface area contributed by atoms with Gasteiger partial charge in [0.15, 0.2) is 0 Å². The van der Waals surface area contributed by atoms with Crippen LogP contribution in [0, 0.1) is 12.8 Å². The fourth-order valence-electron chi connectivity index (χ4n) is 2.85. The predicted molar refractivity (Wildman–Crippen MR) is 88.0 cm³/mol. The quantitative estimate of drug-likeness (QED) is 0.903. The summed E-state index contributed by atoms with van der Waals surface area (Å²) in [6, 6.07) is 5.96. The molecule has 116 valence electrons. The summed E-state index contributed by atoms with van der Waals surface area (Å²) in [5, 5.41) is 4.09. The van der Waals surface area contributed by atoms with Crippen molar-refractivity contribution in [2.45, 2.75) is 39.7 Å². The average Bonchev–Trinajstić information content (AvgIpc) is 2.92. The molecule has 1 unspecified atom stereocenters. The van der Waals surface area contributed by atoms with Crippen LogP contribution < -0.4 is 5.32 Å². The highest BCUT2D eigenvalue weighted by molar-refractivity contribution is 6.31. The van der Waals surface area contributed by atoms with E-state index < -0.39 is 0 Å². The molecule has 3 nitrogen and oxygen atoms in total. The van der Waals surface area contributed by atoms with Crippen molar-refractivity contribution >= 4 is 17.5 Å². The van der Waals surface area contributed by atoms with Gasteiger partial charge in [-0.15, -0.1) is 0 Å². The van der Waals surface area contributed by atoms with Gasteiger partial charge in [-0.05, 0) is 49.9 Å². The molecule has 0 radical (unpaired) electrons. The Balaban J connectivity index is 2.17. The SMILES string of the molecule is Cc1ccc(Cl)cc1C(=O)N(CC(C)C)CC1CCCN1. The van der Waals surface area contributed by atoms with Gasteiger partial charge in [0.25, 0.3) is 5.91 Å². The number of carbonyl (C=O) groups is 1. The number of amides is 1. The predicted octanol–water partition coefficient (Wildman–Crippen LogP) is 3.50. The van der Waals surface area contributed by atoms with E-state index in [1.807, 2.05) is 24.0 Å². The molecule has 0 spiro atoms. The van der Waals surface area contributed by atoms with Crippen LogP contribution in [0.1, 0.15) is 42.6 Å². The van der Waals surface area contributed by atoms with E-state index in [0.717, 1.165) is 37.2 Å². The van der Waals surface area contributed by atoms with E-state index in [1.54, 1.807) is 6.07 Å². The van der Waals surface area contributed by atoms with E-state index >= 15 is 0 Å². The van der Waals surface area contributed by atoms with Crippen LogP contribution in [0.2, 0.25) is 5.02 Å². The lowest BCUT2D eigenvalue weighted by molar-refractivity contribution is 0.0720. The van der Waals surface area contributed by atoms with Crippen molar-refractivity contribution in [2.75, 3.05) is 19.6 Å². The number of rotatable bonds is 5. The summed E-state index contributed by atoms with van der Waals surface area (Å²) in [6.07, 6.45) is 2.35. The van der Waals surface area contributed by atoms with Gasteiger partial charge in [0, 0.05) is 29.7 Å². The summed E-state index contributed by atoms with van der Waals surface area (Å²) in [4.78, 5) is 14.9. The first-order chi connectivity index (χ1) is 9.97. The molecule has 1 atom stereocenters. The average molecular weight is 309 g/mol. The molecule has 1 saturated heterocycles. The van der Waals surface area contributed by atoms with E-state index in [1.165, 1.54) is 6.42 Å². The van der Waals surface area contributed by atoms with Crippen LogP contribution in [0.25, 0.3) is 0 Å². The maximum Gasteiger partial charge on any atom is 0.254 e. The van der Waals surface area contributed by atoms with Gasteiger partial charge in [-0.2, -0.15) is 0 Å². The van der Waals surface area contributed by atoms with Gasteiger partial charge in [0.05, 0.1) is 0 Å². The van der Waals surface area contributed by atoms with Crippen LogP contribution >= 0.6 is 11.6 Å². The van der Waals surface area contributed by atoms with E-state index in [4.69, 9.17) is 11.6 Å². The van der Waals surface area contributed by atoms with Crippen LogP contribution in [-0.2, 0) is 0 Å². The standard InChI is InChI=1S/C17H25ClN2O/c1-12(2)10-20(11-15-5-4-8-19-15)17(21)16-9-14(18)7-6-13(16)3/h6-7,9,12,15,19H,4-5,8,10-11H2,1-3H3. The van der Waals surface area contributed by atoms with Crippen LogP contribution in [0.3, 0.4) is 0 Å². The molecule has 21 heavy (non-hydrogen) atoms. The molecule has 4 heteroatoms. The zero-order valence-electron chi connectivity index (χ0n) is 13.2. The highest BCUT2D eigenvalue weighted by Gasteiger charge is 2.24. The van der Waals surface area contributed by atoms with E-state index in [2.05, 4.69) is 19.2 Å². The second-order valence-corrected chi connectivity index (χ2v) is 6.79. The fourth-order valence-corrected chi connectivity index (χ4v) is 3.03. The molecule has 0 aliphatic carbocycles. The Labute approximate surface area is 132 Å². The second kappa shape index (κ2) is 7.28. The van der Waals surface area contributed by atoms with Crippen molar-refractivity contribution in [3.05, 3.63) is 34.3 Å². The molecule has 1 aliphatic heterocycles. The molecule has 0 bridgehead atoms. The summed E-state index contributed by atoms with van der Waals surface area (Å²) < 4.78 is 0. The lowest BCUT2D eigenvalue weighted by atomic mass is 10.1.